The van der Waals surface area contributed by atoms with E-state index in [1.54, 1.807) is 44.5 Å². The fraction of sp³-hybridized carbons (Fsp3) is 0.511. The molecule has 18 heteroatoms. The third-order valence-electron chi connectivity index (χ3n) is 12.4. The zero-order valence-electron chi connectivity index (χ0n) is 38.7. The number of benzene rings is 2. The van der Waals surface area contributed by atoms with Gasteiger partial charge < -0.3 is 39.0 Å². The summed E-state index contributed by atoms with van der Waals surface area (Å²) in [7, 11) is 4.87. The number of urea groups is 1. The molecule has 2 aromatic carbocycles. The van der Waals surface area contributed by atoms with Gasteiger partial charge in [-0.25, -0.2) is 10.2 Å². The Balaban J connectivity index is 0.00000308. The van der Waals surface area contributed by atoms with Gasteiger partial charge in [-0.05, 0) is 90.3 Å². The summed E-state index contributed by atoms with van der Waals surface area (Å²) in [6.07, 6.45) is 5.15. The van der Waals surface area contributed by atoms with Crippen LogP contribution in [0.2, 0.25) is 0 Å². The number of nitrogens with zero attached hydrogens (tertiary/aromatic N) is 5. The maximum Gasteiger partial charge on any atom is 0.324 e. The molecule has 3 aliphatic heterocycles. The molecule has 65 heavy (non-hydrogen) atoms. The summed E-state index contributed by atoms with van der Waals surface area (Å²) in [5.74, 6) is -1.70. The summed E-state index contributed by atoms with van der Waals surface area (Å²) in [6.45, 7) is 12.3. The smallest absolute Gasteiger partial charge is 0.324 e. The average Bonchev–Trinajstić information content (AvgIpc) is 3.52. The first-order valence-electron chi connectivity index (χ1n) is 21.6. The third-order valence-corrected chi connectivity index (χ3v) is 12.4. The van der Waals surface area contributed by atoms with Gasteiger partial charge in [0, 0.05) is 75.1 Å². The Bertz CT molecular complexity index is 2340. The zero-order chi connectivity index (χ0) is 44.5. The number of aromatic nitrogens is 2. The molecule has 2 saturated heterocycles. The van der Waals surface area contributed by atoms with E-state index in [-0.39, 0.29) is 77.3 Å². The largest absolute Gasteiger partial charge is 0.508 e. The van der Waals surface area contributed by atoms with Crippen LogP contribution in [0.5, 0.6) is 5.75 Å². The number of phenolic OH excluding ortho intramolecular Hbond substituents is 1. The van der Waals surface area contributed by atoms with Crippen molar-refractivity contribution in [3.63, 3.8) is 0 Å². The highest BCUT2D eigenvalue weighted by molar-refractivity contribution is 7.59. The van der Waals surface area contributed by atoms with Crippen LogP contribution in [0.15, 0.2) is 54.9 Å². The summed E-state index contributed by atoms with van der Waals surface area (Å²) >= 11 is 0. The molecule has 0 unspecified atom stereocenters. The van der Waals surface area contributed by atoms with Crippen molar-refractivity contribution in [2.75, 3.05) is 47.5 Å². The zero-order valence-corrected chi connectivity index (χ0v) is 41.7. The van der Waals surface area contributed by atoms with E-state index in [0.29, 0.717) is 57.6 Å². The van der Waals surface area contributed by atoms with E-state index < -0.39 is 41.3 Å². The molecule has 0 aliphatic carbocycles. The molecule has 356 valence electrons. The number of pyridine rings is 1. The van der Waals surface area contributed by atoms with Crippen LogP contribution in [-0.2, 0) is 54.6 Å². The fourth-order valence-electron chi connectivity index (χ4n) is 9.20. The minimum absolute atomic E-state index is 0. The molecular formula is C47H67N7O8S3. The van der Waals surface area contributed by atoms with E-state index in [1.165, 1.54) is 9.91 Å². The lowest BCUT2D eigenvalue weighted by molar-refractivity contribution is -0.155. The number of methoxy groups -OCH3 is 2. The van der Waals surface area contributed by atoms with Crippen LogP contribution in [0.25, 0.3) is 33.3 Å². The van der Waals surface area contributed by atoms with Crippen molar-refractivity contribution in [2.24, 2.45) is 11.3 Å². The van der Waals surface area contributed by atoms with Crippen LogP contribution in [0.4, 0.5) is 4.79 Å². The third kappa shape index (κ3) is 11.4. The second-order valence-corrected chi connectivity index (χ2v) is 18.0. The van der Waals surface area contributed by atoms with Crippen LogP contribution in [0.3, 0.4) is 0 Å². The van der Waals surface area contributed by atoms with Gasteiger partial charge in [0.1, 0.15) is 23.9 Å². The summed E-state index contributed by atoms with van der Waals surface area (Å²) in [6, 6.07) is 10.3. The summed E-state index contributed by atoms with van der Waals surface area (Å²) < 4.78 is 19.4. The number of likely N-dealkylation sites (N-methyl/N-ethyl adjacent to an activating group) is 1. The van der Waals surface area contributed by atoms with E-state index in [4.69, 9.17) is 14.2 Å². The highest BCUT2D eigenvalue weighted by atomic mass is 32.1. The van der Waals surface area contributed by atoms with Gasteiger partial charge >= 0.3 is 12.0 Å². The Kier molecular flexibility index (Phi) is 18.3. The first kappa shape index (κ1) is 53.2. The number of carbonyl (C=O) groups is 4. The molecule has 0 radical (unpaired) electrons. The Labute approximate surface area is 403 Å². The van der Waals surface area contributed by atoms with Gasteiger partial charge in [0.2, 0.25) is 5.91 Å². The van der Waals surface area contributed by atoms with E-state index in [2.05, 4.69) is 53.2 Å². The Morgan fingerprint density at radius 2 is 1.80 bits per heavy atom. The van der Waals surface area contributed by atoms with E-state index in [1.807, 2.05) is 38.2 Å². The number of hydrazine groups is 1. The number of rotatable bonds is 9. The number of hydrogen-bond acceptors (Lipinski definition) is 10. The molecule has 2 aromatic heterocycles. The van der Waals surface area contributed by atoms with Gasteiger partial charge in [-0.3, -0.25) is 24.4 Å². The number of carbonyl (C=O) groups excluding carboxylic acids is 4. The van der Waals surface area contributed by atoms with Gasteiger partial charge in [-0.15, -0.1) is 0 Å². The number of amides is 4. The summed E-state index contributed by atoms with van der Waals surface area (Å²) in [4.78, 5) is 63.9. The Hall–Kier alpha value is -4.46. The maximum atomic E-state index is 14.6. The molecule has 3 N–H and O–H groups in total. The number of esters is 1. The number of cyclic esters (lactones) is 1. The molecule has 5 heterocycles. The minimum Gasteiger partial charge on any atom is -0.508 e. The van der Waals surface area contributed by atoms with Crippen LogP contribution >= 0.6 is 40.5 Å². The first-order valence-corrected chi connectivity index (χ1v) is 21.6. The minimum atomic E-state index is -1.13. The van der Waals surface area contributed by atoms with Crippen LogP contribution in [0.1, 0.15) is 64.2 Å². The number of hydrogen-bond donors (Lipinski definition) is 3. The summed E-state index contributed by atoms with van der Waals surface area (Å²) in [5.41, 5.74) is 9.85. The van der Waals surface area contributed by atoms with Gasteiger partial charge in [0.25, 0.3) is 5.91 Å². The topological polar surface area (TPSA) is 168 Å². The second kappa shape index (κ2) is 22.4. The van der Waals surface area contributed by atoms with Gasteiger partial charge in [0.05, 0.1) is 38.1 Å². The predicted octanol–water partition coefficient (Wildman–Crippen LogP) is 5.64. The van der Waals surface area contributed by atoms with Crippen molar-refractivity contribution in [3.8, 4) is 28.1 Å². The van der Waals surface area contributed by atoms with Crippen molar-refractivity contribution in [1.29, 1.82) is 0 Å². The lowest BCUT2D eigenvalue weighted by Gasteiger charge is -2.42. The molecule has 0 saturated carbocycles. The molecule has 15 nitrogen and oxygen atoms in total. The van der Waals surface area contributed by atoms with E-state index in [9.17, 15) is 24.3 Å². The highest BCUT2D eigenvalue weighted by Gasteiger charge is 2.40. The second-order valence-electron chi connectivity index (χ2n) is 18.0. The maximum absolute atomic E-state index is 14.6. The molecular weight excluding hydrogens is 887 g/mol. The molecule has 3 aliphatic rings. The summed E-state index contributed by atoms with van der Waals surface area (Å²) in [5, 5.41) is 16.7. The number of ether oxygens (including phenoxy) is 3. The van der Waals surface area contributed by atoms with Crippen molar-refractivity contribution in [2.45, 2.75) is 97.7 Å². The van der Waals surface area contributed by atoms with Crippen LogP contribution in [-0.4, -0.2) is 125 Å². The fourth-order valence-corrected chi connectivity index (χ4v) is 9.20. The van der Waals surface area contributed by atoms with Gasteiger partial charge in [-0.1, -0.05) is 39.8 Å². The van der Waals surface area contributed by atoms with E-state index >= 15 is 0 Å². The first-order chi connectivity index (χ1) is 29.6. The van der Waals surface area contributed by atoms with Crippen molar-refractivity contribution < 1.29 is 38.5 Å². The Morgan fingerprint density at radius 3 is 2.48 bits per heavy atom. The highest BCUT2D eigenvalue weighted by Crippen LogP contribution is 2.41. The number of likely N-dealkylation sites (tertiary alicyclic amines) is 1. The van der Waals surface area contributed by atoms with Gasteiger partial charge in [0.15, 0.2) is 0 Å². The van der Waals surface area contributed by atoms with Crippen LogP contribution in [0, 0.1) is 11.3 Å². The number of aromatic hydroxyl groups is 1. The van der Waals surface area contributed by atoms with E-state index in [0.717, 1.165) is 44.4 Å². The molecule has 2 fully saturated rings. The SMILES string of the molecule is CCn1c(-c2cnccc2COC)c2c3cc(ccc31)-c1cc(O)cc(c1)C[C@H](NC(=O)[C@H](C(C)C)N(C)C(=O)N1CC(OC)C1)C(=O)N1CCC[C@H](N1)C(=O)OCC(C)(C)C2.S.S.S. The molecule has 3 atom stereocenters. The normalized spacial score (nSPS) is 19.2. The lowest BCUT2D eigenvalue weighted by atomic mass is 9.84. The monoisotopic (exact) mass is 953 g/mol. The molecule has 0 spiro atoms. The molecule has 4 aromatic rings. The molecule has 4 amide bonds. The van der Waals surface area contributed by atoms with Crippen molar-refractivity contribution in [1.82, 2.24) is 35.1 Å². The molecule has 6 bridgehead atoms. The Morgan fingerprint density at radius 1 is 1.06 bits per heavy atom. The standard InChI is InChI=1S/C47H61N7O8.3H2S/c1-9-53-40-13-12-30-21-35(40)36(42(53)37-23-48-15-14-31(37)26-60-7)22-47(4,5)27-62-45(58)38-11-10-16-54(50-38)44(57)39(19-29-17-32(30)20-33(55)18-29)49-43(56)41(28(2)3)51(6)46(59)52-24-34(25-52)61-8;;;/h12-15,17-18,20-21,23,28,34,38-39,41,50,55H,9-11,16,19,22,24-27H2,1-8H3,(H,49,56);3*1H2/t38-,39-,41-;;;/m0.../s1. The van der Waals surface area contributed by atoms with Crippen molar-refractivity contribution in [3.05, 3.63) is 71.5 Å². The molecule has 7 rings (SSSR count). The predicted molar refractivity (Wildman–Crippen MR) is 266 cm³/mol. The number of aryl methyl sites for hydroxylation is 1. The average molecular weight is 954 g/mol. The quantitative estimate of drug-likeness (QED) is 0.179. The van der Waals surface area contributed by atoms with Gasteiger partial charge in [-0.2, -0.15) is 40.5 Å². The number of phenols is 1. The number of fused-ring (bicyclic) bond motifs is 6. The number of nitrogens with one attached hydrogen (secondary N) is 2. The lowest BCUT2D eigenvalue weighted by Crippen LogP contribution is -2.64. The van der Waals surface area contributed by atoms with Crippen molar-refractivity contribution >= 4 is 75.2 Å². The van der Waals surface area contributed by atoms with Crippen LogP contribution < -0.4 is 10.7 Å².